The molecule has 1 N–H and O–H groups in total. The largest absolute Gasteiger partial charge is 0.361 e. The van der Waals surface area contributed by atoms with E-state index in [9.17, 15) is 0 Å². The predicted octanol–water partition coefficient (Wildman–Crippen LogP) is 2.05. The molecule has 1 rings (SSSR count). The molecule has 0 aromatic heterocycles. The maximum absolute atomic E-state index is 4.60. The lowest BCUT2D eigenvalue weighted by molar-refractivity contribution is 0.363. The fraction of sp³-hybridized carbons (Fsp3) is 0.917. The average Bonchev–Trinajstić information content (AvgIpc) is 2.64. The maximum atomic E-state index is 4.60. The molecule has 1 saturated heterocycles. The Bertz CT molecular complexity index is 228. The Hall–Kier alpha value is -0.220. The molecule has 16 heavy (non-hydrogen) atoms. The Labute approximate surface area is 104 Å². The highest BCUT2D eigenvalue weighted by Gasteiger charge is 2.20. The number of likely N-dealkylation sites (N-methyl/N-ethyl adjacent to an activating group) is 1. The summed E-state index contributed by atoms with van der Waals surface area (Å²) in [5.74, 6) is 1.95. The van der Waals surface area contributed by atoms with Gasteiger partial charge < -0.3 is 10.2 Å². The zero-order chi connectivity index (χ0) is 12.0. The first kappa shape index (κ1) is 13.8. The Morgan fingerprint density at radius 1 is 1.56 bits per heavy atom. The van der Waals surface area contributed by atoms with Crippen molar-refractivity contribution in [1.29, 1.82) is 0 Å². The monoisotopic (exact) mass is 243 g/mol. The van der Waals surface area contributed by atoms with Crippen molar-refractivity contribution in [3.8, 4) is 0 Å². The number of nitrogens with zero attached hydrogens (tertiary/aromatic N) is 2. The molecule has 0 saturated carbocycles. The SMILES string of the molecule is CCN(C)CCN=C1NC(CC(C)C)CS1. The molecule has 1 fully saturated rings. The van der Waals surface area contributed by atoms with E-state index in [4.69, 9.17) is 0 Å². The van der Waals surface area contributed by atoms with Crippen molar-refractivity contribution in [1.82, 2.24) is 10.2 Å². The number of aliphatic imine (C=N–C) groups is 1. The number of rotatable bonds is 6. The van der Waals surface area contributed by atoms with E-state index in [1.54, 1.807) is 0 Å². The lowest BCUT2D eigenvalue weighted by Crippen LogP contribution is -2.29. The van der Waals surface area contributed by atoms with E-state index in [2.05, 4.69) is 43.0 Å². The van der Waals surface area contributed by atoms with Crippen LogP contribution in [0.3, 0.4) is 0 Å². The zero-order valence-corrected chi connectivity index (χ0v) is 11.8. The molecule has 0 aromatic carbocycles. The molecule has 0 aromatic rings. The van der Waals surface area contributed by atoms with E-state index >= 15 is 0 Å². The summed E-state index contributed by atoms with van der Waals surface area (Å²) in [5, 5.41) is 4.66. The number of hydrogen-bond acceptors (Lipinski definition) is 3. The minimum Gasteiger partial charge on any atom is -0.361 e. The molecule has 0 radical (unpaired) electrons. The first-order chi connectivity index (χ1) is 7.61. The molecule has 0 amide bonds. The molecular weight excluding hydrogens is 218 g/mol. The number of thioether (sulfide) groups is 1. The fourth-order valence-corrected chi connectivity index (χ4v) is 2.72. The lowest BCUT2D eigenvalue weighted by Gasteiger charge is -2.13. The van der Waals surface area contributed by atoms with Gasteiger partial charge in [-0.3, -0.25) is 4.99 Å². The Morgan fingerprint density at radius 2 is 2.31 bits per heavy atom. The fourth-order valence-electron chi connectivity index (χ4n) is 1.71. The highest BCUT2D eigenvalue weighted by Crippen LogP contribution is 2.18. The van der Waals surface area contributed by atoms with Gasteiger partial charge in [0.1, 0.15) is 0 Å². The van der Waals surface area contributed by atoms with Crippen molar-refractivity contribution in [2.45, 2.75) is 33.2 Å². The van der Waals surface area contributed by atoms with Gasteiger partial charge in [0.05, 0.1) is 6.54 Å². The van der Waals surface area contributed by atoms with E-state index in [1.165, 1.54) is 12.2 Å². The number of nitrogens with one attached hydrogen (secondary N) is 1. The van der Waals surface area contributed by atoms with Gasteiger partial charge in [-0.25, -0.2) is 0 Å². The summed E-state index contributed by atoms with van der Waals surface area (Å²) in [6.45, 7) is 9.79. The van der Waals surface area contributed by atoms with Gasteiger partial charge in [-0.2, -0.15) is 0 Å². The van der Waals surface area contributed by atoms with Gasteiger partial charge in [0, 0.05) is 18.3 Å². The Balaban J connectivity index is 2.21. The van der Waals surface area contributed by atoms with Crippen LogP contribution in [-0.2, 0) is 0 Å². The molecule has 1 aliphatic rings. The van der Waals surface area contributed by atoms with Gasteiger partial charge in [-0.05, 0) is 25.9 Å². The molecule has 0 spiro atoms. The van der Waals surface area contributed by atoms with Crippen LogP contribution in [0.2, 0.25) is 0 Å². The van der Waals surface area contributed by atoms with Crippen LogP contribution in [-0.4, -0.2) is 48.5 Å². The summed E-state index contributed by atoms with van der Waals surface area (Å²) in [6, 6.07) is 0.632. The number of amidine groups is 1. The van der Waals surface area contributed by atoms with Crippen LogP contribution in [0.15, 0.2) is 4.99 Å². The summed E-state index contributed by atoms with van der Waals surface area (Å²) >= 11 is 1.87. The minimum absolute atomic E-state index is 0.632. The van der Waals surface area contributed by atoms with Crippen molar-refractivity contribution >= 4 is 16.9 Å². The standard InChI is InChI=1S/C12H25N3S/c1-5-15(4)7-6-13-12-14-11(9-16-12)8-10(2)3/h10-11H,5-9H2,1-4H3,(H,13,14). The molecule has 94 valence electrons. The summed E-state index contributed by atoms with van der Waals surface area (Å²) in [7, 11) is 2.14. The van der Waals surface area contributed by atoms with Gasteiger partial charge >= 0.3 is 0 Å². The summed E-state index contributed by atoms with van der Waals surface area (Å²) in [5.41, 5.74) is 0. The highest BCUT2D eigenvalue weighted by atomic mass is 32.2. The van der Waals surface area contributed by atoms with Crippen LogP contribution < -0.4 is 5.32 Å². The van der Waals surface area contributed by atoms with E-state index in [-0.39, 0.29) is 0 Å². The van der Waals surface area contributed by atoms with Gasteiger partial charge in [0.15, 0.2) is 5.17 Å². The second-order valence-corrected chi connectivity index (χ2v) is 5.87. The normalized spacial score (nSPS) is 23.4. The van der Waals surface area contributed by atoms with Crippen molar-refractivity contribution < 1.29 is 0 Å². The summed E-state index contributed by atoms with van der Waals surface area (Å²) in [6.07, 6.45) is 1.25. The molecule has 1 unspecified atom stereocenters. The van der Waals surface area contributed by atoms with Crippen LogP contribution in [0.25, 0.3) is 0 Å². The summed E-state index contributed by atoms with van der Waals surface area (Å²) < 4.78 is 0. The van der Waals surface area contributed by atoms with Crippen molar-refractivity contribution in [2.75, 3.05) is 32.4 Å². The first-order valence-corrected chi connectivity index (χ1v) is 7.22. The van der Waals surface area contributed by atoms with Crippen LogP contribution >= 0.6 is 11.8 Å². The topological polar surface area (TPSA) is 27.6 Å². The zero-order valence-electron chi connectivity index (χ0n) is 11.0. The van der Waals surface area contributed by atoms with Gasteiger partial charge in [0.2, 0.25) is 0 Å². The average molecular weight is 243 g/mol. The second-order valence-electron chi connectivity index (χ2n) is 4.86. The third-order valence-corrected chi connectivity index (χ3v) is 3.87. The molecule has 4 heteroatoms. The Kier molecular flexibility index (Phi) is 6.21. The maximum Gasteiger partial charge on any atom is 0.156 e. The van der Waals surface area contributed by atoms with Gasteiger partial charge in [-0.1, -0.05) is 32.5 Å². The molecule has 1 atom stereocenters. The van der Waals surface area contributed by atoms with E-state index < -0.39 is 0 Å². The van der Waals surface area contributed by atoms with Crippen LogP contribution in [0.4, 0.5) is 0 Å². The molecular formula is C12H25N3S. The Morgan fingerprint density at radius 3 is 2.94 bits per heavy atom. The predicted molar refractivity (Wildman–Crippen MR) is 74.3 cm³/mol. The van der Waals surface area contributed by atoms with E-state index in [0.29, 0.717) is 6.04 Å². The van der Waals surface area contributed by atoms with E-state index in [1.807, 2.05) is 11.8 Å². The lowest BCUT2D eigenvalue weighted by atomic mass is 10.1. The molecule has 3 nitrogen and oxygen atoms in total. The van der Waals surface area contributed by atoms with Gasteiger partial charge in [-0.15, -0.1) is 0 Å². The second kappa shape index (κ2) is 7.17. The quantitative estimate of drug-likeness (QED) is 0.774. The smallest absolute Gasteiger partial charge is 0.156 e. The molecule has 1 heterocycles. The first-order valence-electron chi connectivity index (χ1n) is 6.24. The van der Waals surface area contributed by atoms with Crippen molar-refractivity contribution in [3.63, 3.8) is 0 Å². The third-order valence-electron chi connectivity index (χ3n) is 2.78. The molecule has 0 aliphatic carbocycles. The van der Waals surface area contributed by atoms with Crippen molar-refractivity contribution in [2.24, 2.45) is 10.9 Å². The van der Waals surface area contributed by atoms with Gasteiger partial charge in [0.25, 0.3) is 0 Å². The number of hydrogen-bond donors (Lipinski definition) is 1. The van der Waals surface area contributed by atoms with Crippen LogP contribution in [0.1, 0.15) is 27.2 Å². The minimum atomic E-state index is 0.632. The van der Waals surface area contributed by atoms with Crippen LogP contribution in [0, 0.1) is 5.92 Å². The molecule has 1 aliphatic heterocycles. The van der Waals surface area contributed by atoms with Crippen molar-refractivity contribution in [3.05, 3.63) is 0 Å². The molecule has 0 bridgehead atoms. The van der Waals surface area contributed by atoms with E-state index in [0.717, 1.165) is 30.7 Å². The van der Waals surface area contributed by atoms with Crippen LogP contribution in [0.5, 0.6) is 0 Å². The highest BCUT2D eigenvalue weighted by molar-refractivity contribution is 8.14. The third kappa shape index (κ3) is 5.21. The summed E-state index contributed by atoms with van der Waals surface area (Å²) in [4.78, 5) is 6.88.